The number of carbonyl (C=O) groups excluding carboxylic acids is 1. The van der Waals surface area contributed by atoms with Gasteiger partial charge in [0.05, 0.1) is 0 Å². The maximum Gasteiger partial charge on any atom is 0.261 e. The Balaban J connectivity index is 2.80. The molecule has 0 aliphatic carbocycles. The standard InChI is InChI=1S/C16H23FN2O2/c1-5-9-18-16(20)12(4)21-15-13(10-19-11(2)3)7-6-8-14(15)17/h5-8,11-12,19H,1,9-10H2,2-4H3,(H,18,20). The Kier molecular flexibility index (Phi) is 6.88. The lowest BCUT2D eigenvalue weighted by molar-refractivity contribution is -0.127. The number of amides is 1. The second-order valence-electron chi connectivity index (χ2n) is 5.06. The molecule has 0 spiro atoms. The molecule has 0 fully saturated rings. The summed E-state index contributed by atoms with van der Waals surface area (Å²) in [5.41, 5.74) is 0.687. The zero-order valence-corrected chi connectivity index (χ0v) is 12.8. The van der Waals surface area contributed by atoms with Crippen LogP contribution in [0.15, 0.2) is 30.9 Å². The van der Waals surface area contributed by atoms with Crippen LogP contribution in [-0.2, 0) is 11.3 Å². The van der Waals surface area contributed by atoms with Gasteiger partial charge < -0.3 is 15.4 Å². The largest absolute Gasteiger partial charge is 0.477 e. The van der Waals surface area contributed by atoms with Crippen LogP contribution in [0.5, 0.6) is 5.75 Å². The van der Waals surface area contributed by atoms with Crippen LogP contribution in [0.1, 0.15) is 26.3 Å². The summed E-state index contributed by atoms with van der Waals surface area (Å²) in [7, 11) is 0. The molecule has 0 aliphatic rings. The fourth-order valence-corrected chi connectivity index (χ4v) is 1.69. The molecule has 0 aliphatic heterocycles. The van der Waals surface area contributed by atoms with E-state index >= 15 is 0 Å². The number of halogens is 1. The molecule has 116 valence electrons. The van der Waals surface area contributed by atoms with Gasteiger partial charge in [-0.3, -0.25) is 4.79 Å². The predicted octanol–water partition coefficient (Wildman–Crippen LogP) is 2.39. The van der Waals surface area contributed by atoms with E-state index in [9.17, 15) is 9.18 Å². The maximum atomic E-state index is 13.9. The molecule has 0 heterocycles. The number of nitrogens with one attached hydrogen (secondary N) is 2. The number of hydrogen-bond acceptors (Lipinski definition) is 3. The quantitative estimate of drug-likeness (QED) is 0.724. The summed E-state index contributed by atoms with van der Waals surface area (Å²) < 4.78 is 19.5. The molecule has 1 amide bonds. The topological polar surface area (TPSA) is 50.4 Å². The van der Waals surface area contributed by atoms with E-state index in [0.717, 1.165) is 0 Å². The van der Waals surface area contributed by atoms with Gasteiger partial charge >= 0.3 is 0 Å². The molecule has 2 N–H and O–H groups in total. The van der Waals surface area contributed by atoms with Crippen LogP contribution in [0.4, 0.5) is 4.39 Å². The van der Waals surface area contributed by atoms with E-state index < -0.39 is 11.9 Å². The van der Waals surface area contributed by atoms with Crippen molar-refractivity contribution in [3.8, 4) is 5.75 Å². The minimum absolute atomic E-state index is 0.118. The summed E-state index contributed by atoms with van der Waals surface area (Å²) in [4.78, 5) is 11.8. The highest BCUT2D eigenvalue weighted by Gasteiger charge is 2.18. The smallest absolute Gasteiger partial charge is 0.261 e. The van der Waals surface area contributed by atoms with Crippen molar-refractivity contribution in [2.24, 2.45) is 0 Å². The summed E-state index contributed by atoms with van der Waals surface area (Å²) >= 11 is 0. The molecule has 0 radical (unpaired) electrons. The average molecular weight is 294 g/mol. The first-order valence-electron chi connectivity index (χ1n) is 7.01. The lowest BCUT2D eigenvalue weighted by Crippen LogP contribution is -2.36. The number of carbonyl (C=O) groups is 1. The average Bonchev–Trinajstić information content (AvgIpc) is 2.45. The van der Waals surface area contributed by atoms with E-state index in [0.29, 0.717) is 18.7 Å². The molecule has 21 heavy (non-hydrogen) atoms. The Morgan fingerprint density at radius 3 is 2.76 bits per heavy atom. The normalized spacial score (nSPS) is 12.0. The van der Waals surface area contributed by atoms with E-state index in [4.69, 9.17) is 4.74 Å². The van der Waals surface area contributed by atoms with Gasteiger partial charge in [-0.2, -0.15) is 0 Å². The van der Waals surface area contributed by atoms with Gasteiger partial charge in [0.2, 0.25) is 0 Å². The van der Waals surface area contributed by atoms with Crippen molar-refractivity contribution in [3.05, 3.63) is 42.2 Å². The number of hydrogen-bond donors (Lipinski definition) is 2. The van der Waals surface area contributed by atoms with Crippen molar-refractivity contribution in [2.75, 3.05) is 6.54 Å². The molecule has 1 unspecified atom stereocenters. The molecule has 0 saturated heterocycles. The summed E-state index contributed by atoms with van der Waals surface area (Å²) in [6, 6.07) is 5.00. The van der Waals surface area contributed by atoms with Crippen LogP contribution in [0.3, 0.4) is 0 Å². The van der Waals surface area contributed by atoms with E-state index in [-0.39, 0.29) is 17.7 Å². The third kappa shape index (κ3) is 5.55. The van der Waals surface area contributed by atoms with E-state index in [1.807, 2.05) is 13.8 Å². The van der Waals surface area contributed by atoms with Gasteiger partial charge in [0.25, 0.3) is 5.91 Å². The second kappa shape index (κ2) is 8.42. The lowest BCUT2D eigenvalue weighted by atomic mass is 10.1. The van der Waals surface area contributed by atoms with Crippen LogP contribution < -0.4 is 15.4 Å². The monoisotopic (exact) mass is 294 g/mol. The zero-order valence-electron chi connectivity index (χ0n) is 12.8. The van der Waals surface area contributed by atoms with Crippen LogP contribution in [0, 0.1) is 5.82 Å². The Morgan fingerprint density at radius 1 is 1.43 bits per heavy atom. The van der Waals surface area contributed by atoms with E-state index in [1.54, 1.807) is 25.1 Å². The van der Waals surface area contributed by atoms with Gasteiger partial charge in [0, 0.05) is 24.7 Å². The van der Waals surface area contributed by atoms with E-state index in [2.05, 4.69) is 17.2 Å². The molecular formula is C16H23FN2O2. The molecular weight excluding hydrogens is 271 g/mol. The molecule has 4 nitrogen and oxygen atoms in total. The van der Waals surface area contributed by atoms with Crippen LogP contribution in [0.25, 0.3) is 0 Å². The summed E-state index contributed by atoms with van der Waals surface area (Å²) in [6.45, 7) is 9.95. The molecule has 0 aromatic heterocycles. The molecule has 0 bridgehead atoms. The number of ether oxygens (including phenoxy) is 1. The highest BCUT2D eigenvalue weighted by atomic mass is 19.1. The van der Waals surface area contributed by atoms with Gasteiger partial charge in [-0.15, -0.1) is 6.58 Å². The van der Waals surface area contributed by atoms with Gasteiger partial charge in [-0.1, -0.05) is 32.1 Å². The van der Waals surface area contributed by atoms with Gasteiger partial charge in [0.1, 0.15) is 0 Å². The Labute approximate surface area is 125 Å². The summed E-state index contributed by atoms with van der Waals surface area (Å²) in [5, 5.41) is 5.83. The van der Waals surface area contributed by atoms with Gasteiger partial charge in [-0.25, -0.2) is 4.39 Å². The summed E-state index contributed by atoms with van der Waals surface area (Å²) in [5.74, 6) is -0.658. The Bertz CT molecular complexity index is 489. The molecule has 1 aromatic carbocycles. The Morgan fingerprint density at radius 2 is 2.14 bits per heavy atom. The minimum Gasteiger partial charge on any atom is -0.477 e. The SMILES string of the molecule is C=CCNC(=O)C(C)Oc1c(F)cccc1CNC(C)C. The van der Waals surface area contributed by atoms with E-state index in [1.165, 1.54) is 6.07 Å². The molecule has 0 saturated carbocycles. The Hall–Kier alpha value is -1.88. The van der Waals surface area contributed by atoms with Crippen molar-refractivity contribution < 1.29 is 13.9 Å². The fourth-order valence-electron chi connectivity index (χ4n) is 1.69. The first kappa shape index (κ1) is 17.2. The van der Waals surface area contributed by atoms with Crippen molar-refractivity contribution in [1.82, 2.24) is 10.6 Å². The highest BCUT2D eigenvalue weighted by Crippen LogP contribution is 2.24. The first-order chi connectivity index (χ1) is 9.95. The fraction of sp³-hybridized carbons (Fsp3) is 0.438. The second-order valence-corrected chi connectivity index (χ2v) is 5.06. The van der Waals surface area contributed by atoms with Crippen molar-refractivity contribution >= 4 is 5.91 Å². The minimum atomic E-state index is -0.778. The number of para-hydroxylation sites is 1. The molecule has 1 rings (SSSR count). The maximum absolute atomic E-state index is 13.9. The molecule has 1 atom stereocenters. The third-order valence-corrected chi connectivity index (χ3v) is 2.83. The number of rotatable bonds is 8. The van der Waals surface area contributed by atoms with Crippen molar-refractivity contribution in [1.29, 1.82) is 0 Å². The molecule has 1 aromatic rings. The molecule has 5 heteroatoms. The van der Waals surface area contributed by atoms with Gasteiger partial charge in [-0.05, 0) is 13.0 Å². The van der Waals surface area contributed by atoms with Crippen LogP contribution in [-0.4, -0.2) is 24.6 Å². The highest BCUT2D eigenvalue weighted by molar-refractivity contribution is 5.80. The summed E-state index contributed by atoms with van der Waals surface area (Å²) in [6.07, 6.45) is 0.797. The van der Waals surface area contributed by atoms with Crippen molar-refractivity contribution in [2.45, 2.75) is 39.5 Å². The van der Waals surface area contributed by atoms with Crippen LogP contribution in [0.2, 0.25) is 0 Å². The lowest BCUT2D eigenvalue weighted by Gasteiger charge is -2.18. The van der Waals surface area contributed by atoms with Crippen molar-refractivity contribution in [3.63, 3.8) is 0 Å². The first-order valence-corrected chi connectivity index (χ1v) is 7.01. The predicted molar refractivity (Wildman–Crippen MR) is 81.7 cm³/mol. The number of benzene rings is 1. The zero-order chi connectivity index (χ0) is 15.8. The third-order valence-electron chi connectivity index (χ3n) is 2.83. The van der Waals surface area contributed by atoms with Gasteiger partial charge in [0.15, 0.2) is 17.7 Å². The van der Waals surface area contributed by atoms with Crippen LogP contribution >= 0.6 is 0 Å².